The third-order valence-electron chi connectivity index (χ3n) is 5.68. The molecule has 2 aromatic rings. The van der Waals surface area contributed by atoms with Crippen molar-refractivity contribution in [1.82, 2.24) is 4.90 Å². The summed E-state index contributed by atoms with van der Waals surface area (Å²) in [6, 6.07) is 12.3. The number of carbonyl (C=O) groups excluding carboxylic acids is 2. The van der Waals surface area contributed by atoms with Crippen LogP contribution in [0.15, 0.2) is 46.9 Å². The summed E-state index contributed by atoms with van der Waals surface area (Å²) in [5, 5.41) is 2.88. The zero-order valence-electron chi connectivity index (χ0n) is 17.4. The number of halogens is 1. The van der Waals surface area contributed by atoms with Crippen molar-refractivity contribution in [3.8, 4) is 5.75 Å². The summed E-state index contributed by atoms with van der Waals surface area (Å²) in [5.41, 5.74) is 1.82. The molecule has 164 valence electrons. The first-order valence-corrected chi connectivity index (χ1v) is 11.6. The molecule has 7 heteroatoms. The van der Waals surface area contributed by atoms with E-state index in [0.717, 1.165) is 49.9 Å². The Labute approximate surface area is 191 Å². The van der Waals surface area contributed by atoms with E-state index in [0.29, 0.717) is 29.2 Å². The molecule has 0 aromatic heterocycles. The highest BCUT2D eigenvalue weighted by Gasteiger charge is 2.19. The van der Waals surface area contributed by atoms with Gasteiger partial charge in [0, 0.05) is 36.5 Å². The van der Waals surface area contributed by atoms with E-state index in [9.17, 15) is 9.59 Å². The van der Waals surface area contributed by atoms with Crippen LogP contribution in [0, 0.1) is 0 Å². The highest BCUT2D eigenvalue weighted by Crippen LogP contribution is 2.27. The van der Waals surface area contributed by atoms with Crippen molar-refractivity contribution in [2.75, 3.05) is 31.6 Å². The Morgan fingerprint density at radius 1 is 1.03 bits per heavy atom. The number of rotatable bonds is 6. The number of amides is 2. The van der Waals surface area contributed by atoms with Crippen LogP contribution in [0.5, 0.6) is 5.75 Å². The zero-order valence-corrected chi connectivity index (χ0v) is 19.0. The lowest BCUT2D eigenvalue weighted by Crippen LogP contribution is -2.35. The van der Waals surface area contributed by atoms with Gasteiger partial charge in [0.15, 0.2) is 0 Å². The van der Waals surface area contributed by atoms with Crippen molar-refractivity contribution in [2.24, 2.45) is 0 Å². The highest BCUT2D eigenvalue weighted by atomic mass is 79.9. The quantitative estimate of drug-likeness (QED) is 0.631. The van der Waals surface area contributed by atoms with Gasteiger partial charge in [0.2, 0.25) is 0 Å². The van der Waals surface area contributed by atoms with Crippen molar-refractivity contribution < 1.29 is 19.1 Å². The molecule has 2 saturated heterocycles. The monoisotopic (exact) mass is 486 g/mol. The Bertz CT molecular complexity index is 920. The van der Waals surface area contributed by atoms with E-state index >= 15 is 0 Å². The van der Waals surface area contributed by atoms with Gasteiger partial charge in [0.25, 0.3) is 11.8 Å². The molecule has 2 amide bonds. The van der Waals surface area contributed by atoms with Crippen LogP contribution in [-0.2, 0) is 4.74 Å². The molecule has 6 nitrogen and oxygen atoms in total. The minimum absolute atomic E-state index is 0.0556. The fourth-order valence-corrected chi connectivity index (χ4v) is 4.39. The summed E-state index contributed by atoms with van der Waals surface area (Å²) in [4.78, 5) is 27.1. The number of nitrogens with zero attached hydrogens (tertiary/aromatic N) is 1. The number of benzene rings is 2. The fourth-order valence-electron chi connectivity index (χ4n) is 3.90. The van der Waals surface area contributed by atoms with E-state index in [1.807, 2.05) is 4.90 Å². The normalized spacial score (nSPS) is 18.6. The van der Waals surface area contributed by atoms with Crippen LogP contribution < -0.4 is 10.1 Å². The average molecular weight is 487 g/mol. The molecule has 0 aliphatic carbocycles. The summed E-state index contributed by atoms with van der Waals surface area (Å²) < 4.78 is 12.1. The van der Waals surface area contributed by atoms with Gasteiger partial charge in [0.05, 0.1) is 10.6 Å². The molecule has 0 spiro atoms. The van der Waals surface area contributed by atoms with E-state index in [-0.39, 0.29) is 17.9 Å². The van der Waals surface area contributed by atoms with Gasteiger partial charge in [-0.15, -0.1) is 0 Å². The van der Waals surface area contributed by atoms with Crippen LogP contribution in [0.2, 0.25) is 0 Å². The predicted molar refractivity (Wildman–Crippen MR) is 123 cm³/mol. The molecule has 31 heavy (non-hydrogen) atoms. The molecule has 0 saturated carbocycles. The van der Waals surface area contributed by atoms with Crippen LogP contribution in [0.4, 0.5) is 5.69 Å². The molecule has 2 aliphatic heterocycles. The maximum absolute atomic E-state index is 12.6. The van der Waals surface area contributed by atoms with Gasteiger partial charge in [-0.05, 0) is 90.5 Å². The molecule has 4 rings (SSSR count). The zero-order chi connectivity index (χ0) is 21.6. The Morgan fingerprint density at radius 3 is 2.45 bits per heavy atom. The molecule has 0 bridgehead atoms. The number of hydrogen-bond donors (Lipinski definition) is 1. The number of piperidine rings is 1. The minimum Gasteiger partial charge on any atom is -0.490 e. The number of likely N-dealkylation sites (tertiary alicyclic amines) is 1. The molecule has 2 fully saturated rings. The van der Waals surface area contributed by atoms with Crippen LogP contribution in [-0.4, -0.2) is 49.1 Å². The third kappa shape index (κ3) is 5.66. The van der Waals surface area contributed by atoms with Gasteiger partial charge >= 0.3 is 0 Å². The maximum Gasteiger partial charge on any atom is 0.255 e. The minimum atomic E-state index is -0.221. The van der Waals surface area contributed by atoms with E-state index in [2.05, 4.69) is 21.2 Å². The second-order valence-corrected chi connectivity index (χ2v) is 8.83. The summed E-state index contributed by atoms with van der Waals surface area (Å²) in [6.07, 6.45) is 5.54. The van der Waals surface area contributed by atoms with Crippen molar-refractivity contribution in [2.45, 2.75) is 38.2 Å². The maximum atomic E-state index is 12.6. The van der Waals surface area contributed by atoms with Gasteiger partial charge in [-0.2, -0.15) is 0 Å². The van der Waals surface area contributed by atoms with E-state index in [4.69, 9.17) is 9.47 Å². The second-order valence-electron chi connectivity index (χ2n) is 7.98. The number of hydrogen-bond acceptors (Lipinski definition) is 4. The molecule has 1 N–H and O–H groups in total. The van der Waals surface area contributed by atoms with Crippen LogP contribution >= 0.6 is 15.9 Å². The molecular formula is C24H27BrN2O4. The SMILES string of the molecule is O=C(Nc1ccc(C(=O)N2CCCCC2)cc1)c1ccc(OCC2CCCO2)c(Br)c1. The molecule has 0 radical (unpaired) electrons. The summed E-state index contributed by atoms with van der Waals surface area (Å²) in [6.45, 7) is 2.94. The summed E-state index contributed by atoms with van der Waals surface area (Å²) in [7, 11) is 0. The Hall–Kier alpha value is -2.38. The van der Waals surface area contributed by atoms with Crippen LogP contribution in [0.25, 0.3) is 0 Å². The number of carbonyl (C=O) groups is 2. The van der Waals surface area contributed by atoms with Crippen molar-refractivity contribution in [3.63, 3.8) is 0 Å². The lowest BCUT2D eigenvalue weighted by atomic mass is 10.1. The number of nitrogens with one attached hydrogen (secondary N) is 1. The molecule has 1 atom stereocenters. The average Bonchev–Trinajstić information content (AvgIpc) is 3.32. The molecular weight excluding hydrogens is 460 g/mol. The molecule has 2 heterocycles. The van der Waals surface area contributed by atoms with Crippen molar-refractivity contribution >= 4 is 33.4 Å². The second kappa shape index (κ2) is 10.3. The first-order chi connectivity index (χ1) is 15.1. The topological polar surface area (TPSA) is 67.9 Å². The predicted octanol–water partition coefficient (Wildman–Crippen LogP) is 4.89. The van der Waals surface area contributed by atoms with Gasteiger partial charge in [-0.25, -0.2) is 0 Å². The van der Waals surface area contributed by atoms with Crippen molar-refractivity contribution in [1.29, 1.82) is 0 Å². The van der Waals surface area contributed by atoms with E-state index in [1.165, 1.54) is 6.42 Å². The first-order valence-electron chi connectivity index (χ1n) is 10.8. The van der Waals surface area contributed by atoms with Crippen LogP contribution in [0.1, 0.15) is 52.8 Å². The number of anilines is 1. The molecule has 2 aliphatic rings. The van der Waals surface area contributed by atoms with Gasteiger partial charge in [0.1, 0.15) is 12.4 Å². The Balaban J connectivity index is 1.34. The van der Waals surface area contributed by atoms with Gasteiger partial charge < -0.3 is 19.7 Å². The standard InChI is InChI=1S/C24H27BrN2O4/c25-21-15-18(8-11-22(21)31-16-20-5-4-14-30-20)23(28)26-19-9-6-17(7-10-19)24(29)27-12-2-1-3-13-27/h6-11,15,20H,1-5,12-14,16H2,(H,26,28). The first kappa shape index (κ1) is 21.8. The number of ether oxygens (including phenoxy) is 2. The largest absolute Gasteiger partial charge is 0.490 e. The van der Waals surface area contributed by atoms with E-state index < -0.39 is 0 Å². The van der Waals surface area contributed by atoms with Crippen molar-refractivity contribution in [3.05, 3.63) is 58.1 Å². The smallest absolute Gasteiger partial charge is 0.255 e. The molecule has 2 aromatic carbocycles. The highest BCUT2D eigenvalue weighted by molar-refractivity contribution is 9.10. The lowest BCUT2D eigenvalue weighted by molar-refractivity contribution is 0.0677. The van der Waals surface area contributed by atoms with Gasteiger partial charge in [-0.3, -0.25) is 9.59 Å². The van der Waals surface area contributed by atoms with E-state index in [1.54, 1.807) is 42.5 Å². The third-order valence-corrected chi connectivity index (χ3v) is 6.30. The Morgan fingerprint density at radius 2 is 1.77 bits per heavy atom. The summed E-state index contributed by atoms with van der Waals surface area (Å²) in [5.74, 6) is 0.522. The lowest BCUT2D eigenvalue weighted by Gasteiger charge is -2.26. The van der Waals surface area contributed by atoms with Gasteiger partial charge in [-0.1, -0.05) is 0 Å². The molecule has 1 unspecified atom stereocenters. The fraction of sp³-hybridized carbons (Fsp3) is 0.417. The summed E-state index contributed by atoms with van der Waals surface area (Å²) >= 11 is 3.49. The van der Waals surface area contributed by atoms with Crippen LogP contribution in [0.3, 0.4) is 0 Å². The Kier molecular flexibility index (Phi) is 7.25.